The van der Waals surface area contributed by atoms with Crippen molar-refractivity contribution in [1.82, 2.24) is 19.9 Å². The third-order valence-electron chi connectivity index (χ3n) is 11.0. The number of aryl methyl sites for hydroxylation is 1. The number of hydrogen-bond donors (Lipinski definition) is 2. The summed E-state index contributed by atoms with van der Waals surface area (Å²) in [6.45, 7) is 5.83. The van der Waals surface area contributed by atoms with Gasteiger partial charge in [-0.1, -0.05) is 13.3 Å². The number of piperazine rings is 1. The molecule has 5 rings (SSSR count). The molecule has 1 saturated heterocycles. The van der Waals surface area contributed by atoms with E-state index >= 15 is 0 Å². The number of benzene rings is 2. The van der Waals surface area contributed by atoms with E-state index in [1.807, 2.05) is 12.1 Å². The molecule has 14 nitrogen and oxygen atoms in total. The minimum Gasteiger partial charge on any atom is -0.420 e. The first-order valence-electron chi connectivity index (χ1n) is 21.3. The first-order valence-corrected chi connectivity index (χ1v) is 21.3. The molecule has 2 aromatic carbocycles. The van der Waals surface area contributed by atoms with Gasteiger partial charge < -0.3 is 20.4 Å². The molecule has 1 fully saturated rings. The number of unbranched alkanes of at least 4 members (excludes halogenated alkanes) is 1. The summed E-state index contributed by atoms with van der Waals surface area (Å²) in [6.07, 6.45) is 1.09. The van der Waals surface area contributed by atoms with Gasteiger partial charge in [0, 0.05) is 133 Å². The Kier molecular flexibility index (Phi) is 17.5. The van der Waals surface area contributed by atoms with Gasteiger partial charge in [-0.2, -0.15) is 8.78 Å². The minimum atomic E-state index is -1.90. The van der Waals surface area contributed by atoms with E-state index in [1.165, 1.54) is 0 Å². The Morgan fingerprint density at radius 3 is 1.67 bits per heavy atom. The molecule has 338 valence electrons. The molecule has 0 radical (unpaired) electrons. The second-order valence-corrected chi connectivity index (χ2v) is 15.8. The van der Waals surface area contributed by atoms with Gasteiger partial charge >= 0.3 is 5.97 Å². The average molecular weight is 881 g/mol. The molecule has 0 bridgehead atoms. The van der Waals surface area contributed by atoms with Crippen molar-refractivity contribution in [2.24, 2.45) is 0 Å². The number of carbonyl (C=O) groups is 7. The number of hydrogen-bond acceptors (Lipinski definition) is 13. The number of halogens is 4. The van der Waals surface area contributed by atoms with Gasteiger partial charge in [0.1, 0.15) is 57.4 Å². The quantitative estimate of drug-likeness (QED) is 0.0289. The zero-order valence-electron chi connectivity index (χ0n) is 35.3. The number of aromatic nitrogens is 3. The topological polar surface area (TPSA) is 203 Å². The van der Waals surface area contributed by atoms with Crippen LogP contribution in [0.1, 0.15) is 109 Å². The summed E-state index contributed by atoms with van der Waals surface area (Å²) >= 11 is 0. The van der Waals surface area contributed by atoms with E-state index < -0.39 is 59.4 Å². The number of ketones is 6. The van der Waals surface area contributed by atoms with Crippen LogP contribution in [0.4, 0.5) is 29.1 Å². The SMILES string of the molecule is CCCCc1nc2c([nH]1)c(N)nc1ccc(N3CCN(CCC(=O)CCC(=O)CCC(=O)CCC(=O)CCC(=O)CCC(=O)CCC(=O)Oc4c(F)c(F)cc(F)c4F)CC3)cc12. The number of rotatable bonds is 26. The number of aromatic amines is 1. The average Bonchev–Trinajstić information content (AvgIpc) is 3.72. The number of ether oxygens (including phenoxy) is 1. The number of pyridine rings is 1. The molecule has 3 heterocycles. The number of fused-ring (bicyclic) bond motifs is 3. The fourth-order valence-electron chi connectivity index (χ4n) is 7.16. The highest BCUT2D eigenvalue weighted by Crippen LogP contribution is 2.31. The van der Waals surface area contributed by atoms with E-state index in [2.05, 4.69) is 37.5 Å². The lowest BCUT2D eigenvalue weighted by molar-refractivity contribution is -0.136. The number of anilines is 2. The number of nitrogen functional groups attached to an aromatic ring is 1. The Morgan fingerprint density at radius 1 is 0.667 bits per heavy atom. The zero-order chi connectivity index (χ0) is 45.6. The van der Waals surface area contributed by atoms with Crippen molar-refractivity contribution in [3.05, 3.63) is 53.4 Å². The predicted octanol–water partition coefficient (Wildman–Crippen LogP) is 6.81. The van der Waals surface area contributed by atoms with Crippen molar-refractivity contribution in [3.8, 4) is 5.75 Å². The minimum absolute atomic E-state index is 0.0268. The maximum atomic E-state index is 13.7. The molecule has 1 aliphatic rings. The van der Waals surface area contributed by atoms with E-state index in [9.17, 15) is 51.1 Å². The molecule has 0 atom stereocenters. The summed E-state index contributed by atoms with van der Waals surface area (Å²) in [5.41, 5.74) is 9.68. The Bertz CT molecular complexity index is 2330. The van der Waals surface area contributed by atoms with Gasteiger partial charge in [-0.25, -0.2) is 18.7 Å². The van der Waals surface area contributed by atoms with Gasteiger partial charge in [0.2, 0.25) is 17.4 Å². The van der Waals surface area contributed by atoms with Crippen molar-refractivity contribution in [1.29, 1.82) is 0 Å². The molecule has 0 unspecified atom stereocenters. The first kappa shape index (κ1) is 48.1. The van der Waals surface area contributed by atoms with Crippen molar-refractivity contribution < 1.29 is 55.9 Å². The first-order chi connectivity index (χ1) is 30.1. The normalized spacial score (nSPS) is 13.1. The number of nitrogens with zero attached hydrogens (tertiary/aromatic N) is 4. The predicted molar refractivity (Wildman–Crippen MR) is 225 cm³/mol. The maximum absolute atomic E-state index is 13.7. The Labute approximate surface area is 361 Å². The highest BCUT2D eigenvalue weighted by atomic mass is 19.2. The van der Waals surface area contributed by atoms with Crippen molar-refractivity contribution in [3.63, 3.8) is 0 Å². The standard InChI is InChI=1S/C45H52F4N6O8/c1-2-3-4-38-52-42-34-25-27(5-17-37(34)51-45(50)43(42)53-38)55-23-21-54(22-24-55)20-19-33(61)15-14-31(59)11-10-29(57)7-6-28(56)8-9-30(58)12-13-32(60)16-18-39(62)63-44-40(48)35(46)26-36(47)41(44)49/h5,17,25-26H,2-4,6-16,18-24H2,1H3,(H2,50,51)(H,52,53). The lowest BCUT2D eigenvalue weighted by Crippen LogP contribution is -2.46. The third-order valence-corrected chi connectivity index (χ3v) is 11.0. The number of imidazole rings is 1. The van der Waals surface area contributed by atoms with E-state index in [1.54, 1.807) is 0 Å². The summed E-state index contributed by atoms with van der Waals surface area (Å²) in [6, 6.07) is 6.07. The molecule has 3 N–H and O–H groups in total. The van der Waals surface area contributed by atoms with Gasteiger partial charge in [0.15, 0.2) is 11.6 Å². The van der Waals surface area contributed by atoms with Crippen molar-refractivity contribution in [2.75, 3.05) is 43.4 Å². The van der Waals surface area contributed by atoms with Crippen LogP contribution < -0.4 is 15.4 Å². The van der Waals surface area contributed by atoms with E-state index in [-0.39, 0.29) is 93.4 Å². The second-order valence-electron chi connectivity index (χ2n) is 15.8. The van der Waals surface area contributed by atoms with Gasteiger partial charge in [-0.15, -0.1) is 0 Å². The molecule has 0 spiro atoms. The van der Waals surface area contributed by atoms with Crippen LogP contribution in [0, 0.1) is 23.3 Å². The summed E-state index contributed by atoms with van der Waals surface area (Å²) in [5.74, 6) is -10.7. The number of H-pyrrole nitrogens is 1. The van der Waals surface area contributed by atoms with Crippen LogP contribution in [-0.4, -0.2) is 93.2 Å². The molecule has 1 aliphatic heterocycles. The van der Waals surface area contributed by atoms with Crippen LogP contribution in [0.3, 0.4) is 0 Å². The molecule has 4 aromatic rings. The van der Waals surface area contributed by atoms with Gasteiger partial charge in [0.25, 0.3) is 0 Å². The summed E-state index contributed by atoms with van der Waals surface area (Å²) in [4.78, 5) is 103. The lowest BCUT2D eigenvalue weighted by Gasteiger charge is -2.36. The number of Topliss-reactive ketones (excluding diaryl/α,β-unsaturated/α-hetero) is 6. The fourth-order valence-corrected chi connectivity index (χ4v) is 7.16. The van der Waals surface area contributed by atoms with Crippen molar-refractivity contribution in [2.45, 2.75) is 110 Å². The Hall–Kier alpha value is -5.91. The smallest absolute Gasteiger partial charge is 0.311 e. The largest absolute Gasteiger partial charge is 0.420 e. The maximum Gasteiger partial charge on any atom is 0.311 e. The highest BCUT2D eigenvalue weighted by Gasteiger charge is 2.24. The van der Waals surface area contributed by atoms with Crippen LogP contribution in [0.15, 0.2) is 24.3 Å². The number of carbonyl (C=O) groups excluding carboxylic acids is 7. The van der Waals surface area contributed by atoms with Crippen molar-refractivity contribution >= 4 is 74.1 Å². The summed E-state index contributed by atoms with van der Waals surface area (Å²) in [5, 5.41) is 0.946. The van der Waals surface area contributed by atoms with Crippen LogP contribution >= 0.6 is 0 Å². The molecule has 63 heavy (non-hydrogen) atoms. The second kappa shape index (κ2) is 23.0. The molecule has 0 amide bonds. The Balaban J connectivity index is 0.895. The zero-order valence-corrected chi connectivity index (χ0v) is 35.3. The van der Waals surface area contributed by atoms with E-state index in [4.69, 9.17) is 10.7 Å². The number of nitrogens with two attached hydrogens (primary N) is 1. The number of esters is 1. The monoisotopic (exact) mass is 880 g/mol. The summed E-state index contributed by atoms with van der Waals surface area (Å²) < 4.78 is 58.2. The Morgan fingerprint density at radius 2 is 1.16 bits per heavy atom. The molecule has 0 aliphatic carbocycles. The molecular formula is C45H52F4N6O8. The van der Waals surface area contributed by atoms with E-state index in [0.29, 0.717) is 18.8 Å². The number of nitrogens with one attached hydrogen (secondary N) is 1. The molecule has 0 saturated carbocycles. The highest BCUT2D eigenvalue weighted by molar-refractivity contribution is 6.07. The van der Waals surface area contributed by atoms with Gasteiger partial charge in [0.05, 0.1) is 11.9 Å². The van der Waals surface area contributed by atoms with Gasteiger partial charge in [-0.3, -0.25) is 38.5 Å². The van der Waals surface area contributed by atoms with Crippen LogP contribution in [0.2, 0.25) is 0 Å². The summed E-state index contributed by atoms with van der Waals surface area (Å²) in [7, 11) is 0. The van der Waals surface area contributed by atoms with Crippen LogP contribution in [0.5, 0.6) is 5.75 Å². The van der Waals surface area contributed by atoms with Crippen LogP contribution in [-0.2, 0) is 40.0 Å². The van der Waals surface area contributed by atoms with Crippen LogP contribution in [0.25, 0.3) is 21.9 Å². The van der Waals surface area contributed by atoms with Gasteiger partial charge in [-0.05, 0) is 24.6 Å². The molecule has 18 heteroatoms. The lowest BCUT2D eigenvalue weighted by atomic mass is 10.0. The molecular weight excluding hydrogens is 829 g/mol. The fraction of sp³-hybridized carbons (Fsp3) is 0.489. The van der Waals surface area contributed by atoms with E-state index in [0.717, 1.165) is 78.9 Å². The third kappa shape index (κ3) is 14.0. The molecule has 2 aromatic heterocycles.